The fourth-order valence-electron chi connectivity index (χ4n) is 2.19. The van der Waals surface area contributed by atoms with E-state index in [4.69, 9.17) is 4.74 Å². The summed E-state index contributed by atoms with van der Waals surface area (Å²) >= 11 is 0. The summed E-state index contributed by atoms with van der Waals surface area (Å²) in [4.78, 5) is 35.9. The van der Waals surface area contributed by atoms with Crippen LogP contribution in [0.3, 0.4) is 0 Å². The zero-order valence-corrected chi connectivity index (χ0v) is 15.8. The van der Waals surface area contributed by atoms with Crippen LogP contribution in [-0.2, 0) is 16.0 Å². The molecule has 28 heavy (non-hydrogen) atoms. The molecule has 0 bridgehead atoms. The topological polar surface area (TPSA) is 96.5 Å². The van der Waals surface area contributed by atoms with Crippen molar-refractivity contribution in [3.8, 4) is 0 Å². The van der Waals surface area contributed by atoms with Crippen molar-refractivity contribution in [2.45, 2.75) is 32.8 Å². The summed E-state index contributed by atoms with van der Waals surface area (Å²) in [6.07, 6.45) is -0.654. The van der Waals surface area contributed by atoms with Crippen molar-refractivity contribution in [2.24, 2.45) is 0 Å². The molecular formula is C20H22FN3O4. The summed E-state index contributed by atoms with van der Waals surface area (Å²) < 4.78 is 18.0. The van der Waals surface area contributed by atoms with Crippen LogP contribution in [0, 0.1) is 5.82 Å². The van der Waals surface area contributed by atoms with E-state index in [1.165, 1.54) is 36.4 Å². The van der Waals surface area contributed by atoms with Gasteiger partial charge in [0.25, 0.3) is 5.91 Å². The minimum atomic E-state index is -0.645. The molecule has 3 N–H and O–H groups in total. The van der Waals surface area contributed by atoms with E-state index in [1.807, 2.05) is 0 Å². The molecule has 7 nitrogen and oxygen atoms in total. The lowest BCUT2D eigenvalue weighted by Crippen LogP contribution is -2.42. The van der Waals surface area contributed by atoms with Gasteiger partial charge in [0.05, 0.1) is 6.42 Å². The SMILES string of the molecule is CC(C)(C)OC(=O)Nc1cccc(C(=O)NNC(=O)Cc2ccc(F)cc2)c1. The molecule has 2 aromatic rings. The summed E-state index contributed by atoms with van der Waals surface area (Å²) in [6.45, 7) is 5.22. The van der Waals surface area contributed by atoms with Gasteiger partial charge in [0, 0.05) is 11.3 Å². The van der Waals surface area contributed by atoms with Gasteiger partial charge in [0.2, 0.25) is 5.91 Å². The molecule has 0 heterocycles. The number of benzene rings is 2. The summed E-state index contributed by atoms with van der Waals surface area (Å²) in [5.41, 5.74) is 5.15. The van der Waals surface area contributed by atoms with Crippen LogP contribution in [0.4, 0.5) is 14.9 Å². The number of carbonyl (C=O) groups is 3. The summed E-state index contributed by atoms with van der Waals surface area (Å²) in [7, 11) is 0. The van der Waals surface area contributed by atoms with E-state index < -0.39 is 29.3 Å². The fraction of sp³-hybridized carbons (Fsp3) is 0.250. The van der Waals surface area contributed by atoms with Gasteiger partial charge in [0.15, 0.2) is 0 Å². The molecule has 0 aliphatic heterocycles. The molecule has 3 amide bonds. The molecule has 2 aromatic carbocycles. The lowest BCUT2D eigenvalue weighted by atomic mass is 10.1. The largest absolute Gasteiger partial charge is 0.444 e. The zero-order chi connectivity index (χ0) is 20.7. The highest BCUT2D eigenvalue weighted by Crippen LogP contribution is 2.13. The molecule has 0 radical (unpaired) electrons. The molecule has 0 atom stereocenters. The Labute approximate surface area is 162 Å². The Morgan fingerprint density at radius 3 is 2.32 bits per heavy atom. The Hall–Kier alpha value is -3.42. The average Bonchev–Trinajstić information content (AvgIpc) is 2.60. The minimum absolute atomic E-state index is 0.0131. The standard InChI is InChI=1S/C20H22FN3O4/c1-20(2,3)28-19(27)22-16-6-4-5-14(12-16)18(26)24-23-17(25)11-13-7-9-15(21)10-8-13/h4-10,12H,11H2,1-3H3,(H,22,27)(H,23,25)(H,24,26). The van der Waals surface area contributed by atoms with E-state index in [9.17, 15) is 18.8 Å². The Kier molecular flexibility index (Phi) is 6.70. The molecule has 148 valence electrons. The first kappa shape index (κ1) is 20.9. The quantitative estimate of drug-likeness (QED) is 0.702. The number of hydrazine groups is 1. The molecule has 0 saturated heterocycles. The maximum Gasteiger partial charge on any atom is 0.412 e. The number of hydrogen-bond donors (Lipinski definition) is 3. The second-order valence-electron chi connectivity index (χ2n) is 7.01. The van der Waals surface area contributed by atoms with E-state index in [-0.39, 0.29) is 12.0 Å². The second kappa shape index (κ2) is 8.98. The summed E-state index contributed by atoms with van der Waals surface area (Å²) in [5.74, 6) is -1.40. The number of halogens is 1. The predicted octanol–water partition coefficient (Wildman–Crippen LogP) is 3.18. The average molecular weight is 387 g/mol. The van der Waals surface area contributed by atoms with Crippen LogP contribution in [0.1, 0.15) is 36.7 Å². The van der Waals surface area contributed by atoms with Gasteiger partial charge in [-0.1, -0.05) is 18.2 Å². The van der Waals surface area contributed by atoms with Crippen LogP contribution in [0.5, 0.6) is 0 Å². The Balaban J connectivity index is 1.89. The molecule has 0 spiro atoms. The number of rotatable bonds is 4. The van der Waals surface area contributed by atoms with Gasteiger partial charge >= 0.3 is 6.09 Å². The van der Waals surface area contributed by atoms with Gasteiger partial charge in [-0.25, -0.2) is 9.18 Å². The van der Waals surface area contributed by atoms with Crippen LogP contribution in [0.2, 0.25) is 0 Å². The summed E-state index contributed by atoms with van der Waals surface area (Å²) in [6, 6.07) is 11.7. The highest BCUT2D eigenvalue weighted by Gasteiger charge is 2.16. The molecule has 0 saturated carbocycles. The molecular weight excluding hydrogens is 365 g/mol. The van der Waals surface area contributed by atoms with Crippen molar-refractivity contribution in [1.82, 2.24) is 10.9 Å². The zero-order valence-electron chi connectivity index (χ0n) is 15.8. The highest BCUT2D eigenvalue weighted by atomic mass is 19.1. The lowest BCUT2D eigenvalue weighted by molar-refractivity contribution is -0.121. The Morgan fingerprint density at radius 1 is 1.00 bits per heavy atom. The molecule has 0 aliphatic carbocycles. The van der Waals surface area contributed by atoms with Crippen LogP contribution in [0.25, 0.3) is 0 Å². The number of anilines is 1. The van der Waals surface area contributed by atoms with E-state index in [0.717, 1.165) is 0 Å². The molecule has 0 aliphatic rings. The van der Waals surface area contributed by atoms with E-state index in [0.29, 0.717) is 11.3 Å². The van der Waals surface area contributed by atoms with E-state index >= 15 is 0 Å². The molecule has 0 unspecified atom stereocenters. The third-order valence-electron chi connectivity index (χ3n) is 3.36. The lowest BCUT2D eigenvalue weighted by Gasteiger charge is -2.19. The van der Waals surface area contributed by atoms with Crippen molar-refractivity contribution >= 4 is 23.6 Å². The first-order chi connectivity index (χ1) is 13.1. The first-order valence-electron chi connectivity index (χ1n) is 8.56. The van der Waals surface area contributed by atoms with Crippen molar-refractivity contribution in [1.29, 1.82) is 0 Å². The van der Waals surface area contributed by atoms with Crippen LogP contribution < -0.4 is 16.2 Å². The number of nitrogens with one attached hydrogen (secondary N) is 3. The third kappa shape index (κ3) is 7.06. The van der Waals surface area contributed by atoms with Crippen molar-refractivity contribution in [3.63, 3.8) is 0 Å². The van der Waals surface area contributed by atoms with E-state index in [1.54, 1.807) is 32.9 Å². The van der Waals surface area contributed by atoms with Crippen LogP contribution in [-0.4, -0.2) is 23.5 Å². The van der Waals surface area contributed by atoms with Gasteiger partial charge < -0.3 is 4.74 Å². The van der Waals surface area contributed by atoms with Crippen LogP contribution in [0.15, 0.2) is 48.5 Å². The molecule has 0 fully saturated rings. The van der Waals surface area contributed by atoms with Gasteiger partial charge in [-0.3, -0.25) is 25.8 Å². The molecule has 0 aromatic heterocycles. The molecule has 2 rings (SSSR count). The highest BCUT2D eigenvalue weighted by molar-refractivity contribution is 5.97. The Morgan fingerprint density at radius 2 is 1.68 bits per heavy atom. The van der Waals surface area contributed by atoms with Crippen molar-refractivity contribution in [2.75, 3.05) is 5.32 Å². The smallest absolute Gasteiger partial charge is 0.412 e. The minimum Gasteiger partial charge on any atom is -0.444 e. The van der Waals surface area contributed by atoms with Crippen LogP contribution >= 0.6 is 0 Å². The number of ether oxygens (including phenoxy) is 1. The summed E-state index contributed by atoms with van der Waals surface area (Å²) in [5, 5.41) is 2.54. The number of carbonyl (C=O) groups excluding carboxylic acids is 3. The number of amides is 3. The van der Waals surface area contributed by atoms with Gasteiger partial charge in [0.1, 0.15) is 11.4 Å². The maximum atomic E-state index is 12.9. The van der Waals surface area contributed by atoms with Crippen molar-refractivity contribution in [3.05, 3.63) is 65.5 Å². The predicted molar refractivity (Wildman–Crippen MR) is 102 cm³/mol. The Bertz CT molecular complexity index is 860. The number of hydrogen-bond acceptors (Lipinski definition) is 4. The van der Waals surface area contributed by atoms with Crippen molar-refractivity contribution < 1.29 is 23.5 Å². The van der Waals surface area contributed by atoms with Gasteiger partial charge in [-0.2, -0.15) is 0 Å². The monoisotopic (exact) mass is 387 g/mol. The first-order valence-corrected chi connectivity index (χ1v) is 8.56. The van der Waals surface area contributed by atoms with Gasteiger partial charge in [-0.15, -0.1) is 0 Å². The fourth-order valence-corrected chi connectivity index (χ4v) is 2.19. The maximum absolute atomic E-state index is 12.9. The normalized spacial score (nSPS) is 10.7. The van der Waals surface area contributed by atoms with E-state index in [2.05, 4.69) is 16.2 Å². The second-order valence-corrected chi connectivity index (χ2v) is 7.01. The molecule has 8 heteroatoms. The third-order valence-corrected chi connectivity index (χ3v) is 3.36. The van der Waals surface area contributed by atoms with Gasteiger partial charge in [-0.05, 0) is 56.7 Å².